The normalized spacial score (nSPS) is 11.5. The smallest absolute Gasteiger partial charge is 0.416 e. The van der Waals surface area contributed by atoms with Crippen molar-refractivity contribution in [3.05, 3.63) is 59.7 Å². The number of alkyl halides is 3. The molecule has 7 heteroatoms. The van der Waals surface area contributed by atoms with E-state index in [0.717, 1.165) is 17.7 Å². The highest BCUT2D eigenvalue weighted by atomic mass is 19.4. The van der Waals surface area contributed by atoms with E-state index in [-0.39, 0.29) is 12.4 Å². The topological polar surface area (TPSA) is 50.7 Å². The van der Waals surface area contributed by atoms with Gasteiger partial charge in [0.15, 0.2) is 0 Å². The molecule has 0 radical (unpaired) electrons. The van der Waals surface area contributed by atoms with E-state index >= 15 is 0 Å². The fraction of sp³-hybridized carbons (Fsp3) is 0.333. The molecule has 0 fully saturated rings. The van der Waals surface area contributed by atoms with Crippen LogP contribution in [0.3, 0.4) is 0 Å². The van der Waals surface area contributed by atoms with E-state index in [1.165, 1.54) is 12.1 Å². The van der Waals surface area contributed by atoms with Gasteiger partial charge >= 0.3 is 6.18 Å². The number of aliphatic hydroxyl groups is 1. The monoisotopic (exact) mass is 355 g/mol. The number of aliphatic hydroxyl groups excluding tert-OH is 1. The molecule has 0 aliphatic carbocycles. The quantitative estimate of drug-likeness (QED) is 0.675. The summed E-state index contributed by atoms with van der Waals surface area (Å²) in [7, 11) is 0. The van der Waals surface area contributed by atoms with E-state index in [4.69, 9.17) is 14.6 Å². The van der Waals surface area contributed by atoms with Crippen LogP contribution in [0.25, 0.3) is 0 Å². The van der Waals surface area contributed by atoms with E-state index in [0.29, 0.717) is 32.1 Å². The third kappa shape index (κ3) is 6.74. The maximum atomic E-state index is 12.7. The fourth-order valence-electron chi connectivity index (χ4n) is 2.13. The summed E-state index contributed by atoms with van der Waals surface area (Å²) in [5, 5.41) is 11.8. The van der Waals surface area contributed by atoms with Crippen molar-refractivity contribution in [1.29, 1.82) is 0 Å². The van der Waals surface area contributed by atoms with Crippen LogP contribution >= 0.6 is 0 Å². The standard InChI is InChI=1S/C18H20F3NO3/c19-18(20,21)15-4-2-6-17(12-15)25-16-5-1-3-14(11-16)13-22-7-9-24-10-8-23/h1-6,11-12,22-23H,7-10,13H2. The Hall–Kier alpha value is -2.09. The van der Waals surface area contributed by atoms with Gasteiger partial charge in [0.1, 0.15) is 11.5 Å². The van der Waals surface area contributed by atoms with Gasteiger partial charge in [-0.25, -0.2) is 0 Å². The van der Waals surface area contributed by atoms with Crippen molar-refractivity contribution in [3.8, 4) is 11.5 Å². The fourth-order valence-corrected chi connectivity index (χ4v) is 2.13. The molecule has 0 amide bonds. The molecule has 0 bridgehead atoms. The molecule has 0 aliphatic rings. The number of hydrogen-bond donors (Lipinski definition) is 2. The summed E-state index contributed by atoms with van der Waals surface area (Å²) in [6.07, 6.45) is -4.40. The Morgan fingerprint density at radius 2 is 1.68 bits per heavy atom. The number of rotatable bonds is 9. The summed E-state index contributed by atoms with van der Waals surface area (Å²) in [6, 6.07) is 11.9. The average Bonchev–Trinajstić information content (AvgIpc) is 2.58. The SMILES string of the molecule is OCCOCCNCc1cccc(Oc2cccc(C(F)(F)F)c2)c1. The predicted octanol–water partition coefficient (Wildman–Crippen LogP) is 3.60. The third-order valence-corrected chi connectivity index (χ3v) is 3.28. The molecule has 0 aliphatic heterocycles. The Morgan fingerprint density at radius 1 is 0.960 bits per heavy atom. The lowest BCUT2D eigenvalue weighted by Crippen LogP contribution is -2.19. The molecular formula is C18H20F3NO3. The molecule has 2 aromatic rings. The molecule has 25 heavy (non-hydrogen) atoms. The van der Waals surface area contributed by atoms with Gasteiger partial charge in [-0.2, -0.15) is 13.2 Å². The van der Waals surface area contributed by atoms with E-state index in [1.54, 1.807) is 18.2 Å². The maximum Gasteiger partial charge on any atom is 0.416 e. The summed E-state index contributed by atoms with van der Waals surface area (Å²) in [4.78, 5) is 0. The minimum atomic E-state index is -4.40. The van der Waals surface area contributed by atoms with Crippen molar-refractivity contribution >= 4 is 0 Å². The maximum absolute atomic E-state index is 12.7. The zero-order chi connectivity index (χ0) is 18.1. The number of nitrogens with one attached hydrogen (secondary N) is 1. The number of halogens is 3. The Balaban J connectivity index is 1.91. The van der Waals surface area contributed by atoms with Crippen molar-refractivity contribution in [2.45, 2.75) is 12.7 Å². The molecule has 0 spiro atoms. The summed E-state index contributed by atoms with van der Waals surface area (Å²) in [6.45, 7) is 1.99. The lowest BCUT2D eigenvalue weighted by Gasteiger charge is -2.11. The Labute approximate surface area is 144 Å². The van der Waals surface area contributed by atoms with Crippen molar-refractivity contribution in [1.82, 2.24) is 5.32 Å². The number of ether oxygens (including phenoxy) is 2. The molecule has 0 saturated heterocycles. The first-order valence-corrected chi connectivity index (χ1v) is 7.82. The van der Waals surface area contributed by atoms with Gasteiger partial charge in [0.05, 0.1) is 25.4 Å². The minimum Gasteiger partial charge on any atom is -0.457 e. The zero-order valence-corrected chi connectivity index (χ0v) is 13.6. The van der Waals surface area contributed by atoms with Crippen LogP contribution in [-0.4, -0.2) is 31.5 Å². The summed E-state index contributed by atoms with van der Waals surface area (Å²) < 4.78 is 48.9. The van der Waals surface area contributed by atoms with Crippen molar-refractivity contribution < 1.29 is 27.8 Å². The van der Waals surface area contributed by atoms with Crippen LogP contribution in [0.1, 0.15) is 11.1 Å². The zero-order valence-electron chi connectivity index (χ0n) is 13.6. The van der Waals surface area contributed by atoms with E-state index in [1.807, 2.05) is 6.07 Å². The first-order valence-electron chi connectivity index (χ1n) is 7.82. The Bertz CT molecular complexity index is 662. The van der Waals surface area contributed by atoms with E-state index in [9.17, 15) is 13.2 Å². The Morgan fingerprint density at radius 3 is 2.40 bits per heavy atom. The molecule has 0 heterocycles. The predicted molar refractivity (Wildman–Crippen MR) is 87.6 cm³/mol. The summed E-state index contributed by atoms with van der Waals surface area (Å²) in [5.41, 5.74) is 0.192. The first kappa shape index (κ1) is 19.2. The lowest BCUT2D eigenvalue weighted by atomic mass is 10.2. The van der Waals surface area contributed by atoms with Crippen LogP contribution in [0.2, 0.25) is 0 Å². The minimum absolute atomic E-state index is 0.00504. The molecule has 4 nitrogen and oxygen atoms in total. The van der Waals surface area contributed by atoms with Gasteiger partial charge in [0, 0.05) is 13.1 Å². The van der Waals surface area contributed by atoms with Crippen molar-refractivity contribution in [2.75, 3.05) is 26.4 Å². The van der Waals surface area contributed by atoms with Crippen LogP contribution in [0.4, 0.5) is 13.2 Å². The van der Waals surface area contributed by atoms with Gasteiger partial charge in [-0.1, -0.05) is 18.2 Å². The van der Waals surface area contributed by atoms with Crippen LogP contribution in [0.5, 0.6) is 11.5 Å². The molecule has 136 valence electrons. The van der Waals surface area contributed by atoms with Crippen molar-refractivity contribution in [2.24, 2.45) is 0 Å². The molecule has 0 saturated carbocycles. The van der Waals surface area contributed by atoms with Crippen LogP contribution < -0.4 is 10.1 Å². The summed E-state index contributed by atoms with van der Waals surface area (Å²) >= 11 is 0. The lowest BCUT2D eigenvalue weighted by molar-refractivity contribution is -0.137. The molecule has 0 atom stereocenters. The highest BCUT2D eigenvalue weighted by Gasteiger charge is 2.30. The molecular weight excluding hydrogens is 335 g/mol. The number of hydrogen-bond acceptors (Lipinski definition) is 4. The number of benzene rings is 2. The molecule has 0 aromatic heterocycles. The highest BCUT2D eigenvalue weighted by Crippen LogP contribution is 2.32. The van der Waals surface area contributed by atoms with Crippen molar-refractivity contribution in [3.63, 3.8) is 0 Å². The van der Waals surface area contributed by atoms with Crippen LogP contribution in [0, 0.1) is 0 Å². The Kier molecular flexibility index (Phi) is 7.24. The average molecular weight is 355 g/mol. The molecule has 2 N–H and O–H groups in total. The largest absolute Gasteiger partial charge is 0.457 e. The van der Waals surface area contributed by atoms with Crippen LogP contribution in [0.15, 0.2) is 48.5 Å². The van der Waals surface area contributed by atoms with Gasteiger partial charge in [-0.3, -0.25) is 0 Å². The van der Waals surface area contributed by atoms with Gasteiger partial charge in [-0.05, 0) is 35.9 Å². The van der Waals surface area contributed by atoms with Gasteiger partial charge in [-0.15, -0.1) is 0 Å². The summed E-state index contributed by atoms with van der Waals surface area (Å²) in [5.74, 6) is 0.604. The first-order chi connectivity index (χ1) is 12.0. The van der Waals surface area contributed by atoms with Gasteiger partial charge in [0.25, 0.3) is 0 Å². The molecule has 0 unspecified atom stereocenters. The third-order valence-electron chi connectivity index (χ3n) is 3.28. The molecule has 2 aromatic carbocycles. The van der Waals surface area contributed by atoms with Gasteiger partial charge in [0.2, 0.25) is 0 Å². The van der Waals surface area contributed by atoms with Gasteiger partial charge < -0.3 is 19.9 Å². The van der Waals surface area contributed by atoms with E-state index in [2.05, 4.69) is 5.32 Å². The second-order valence-electron chi connectivity index (χ2n) is 5.29. The highest BCUT2D eigenvalue weighted by molar-refractivity contribution is 5.36. The second-order valence-corrected chi connectivity index (χ2v) is 5.29. The molecule has 2 rings (SSSR count). The second kappa shape index (κ2) is 9.41. The van der Waals surface area contributed by atoms with E-state index < -0.39 is 11.7 Å². The van der Waals surface area contributed by atoms with Crippen LogP contribution in [-0.2, 0) is 17.5 Å².